The van der Waals surface area contributed by atoms with Crippen LogP contribution in [0.4, 0.5) is 5.69 Å². The minimum atomic E-state index is 0.212. The Hall–Kier alpha value is -3.19. The molecule has 2 heterocycles. The second-order valence-corrected chi connectivity index (χ2v) is 6.90. The van der Waals surface area contributed by atoms with Crippen molar-refractivity contribution in [2.45, 2.75) is 13.3 Å². The van der Waals surface area contributed by atoms with E-state index in [2.05, 4.69) is 37.8 Å². The van der Waals surface area contributed by atoms with Gasteiger partial charge in [0.15, 0.2) is 11.4 Å². The van der Waals surface area contributed by atoms with Crippen molar-refractivity contribution in [3.63, 3.8) is 0 Å². The number of fused-ring (bicyclic) bond motifs is 1. The minimum Gasteiger partial charge on any atom is -0.437 e. The first-order valence-corrected chi connectivity index (χ1v) is 9.53. The lowest BCUT2D eigenvalue weighted by Gasteiger charge is -2.12. The molecule has 0 aliphatic rings. The molecule has 0 spiro atoms. The number of anilines is 1. The average Bonchev–Trinajstić information content (AvgIpc) is 2.73. The summed E-state index contributed by atoms with van der Waals surface area (Å²) in [5.74, 6) is 1.64. The highest BCUT2D eigenvalue weighted by Crippen LogP contribution is 2.37. The first-order valence-electron chi connectivity index (χ1n) is 8.74. The maximum Gasteiger partial charge on any atom is 0.249 e. The molecule has 0 aliphatic heterocycles. The summed E-state index contributed by atoms with van der Waals surface area (Å²) in [6.07, 6.45) is 4.03. The van der Waals surface area contributed by atoms with Gasteiger partial charge in [0, 0.05) is 16.1 Å². The number of halogens is 1. The number of benzene rings is 2. The predicted molar refractivity (Wildman–Crippen MR) is 112 cm³/mol. The summed E-state index contributed by atoms with van der Waals surface area (Å²) in [4.78, 5) is 12.7. The number of nitrogen functional groups attached to an aromatic ring is 1. The molecule has 7 heteroatoms. The molecule has 0 saturated carbocycles. The van der Waals surface area contributed by atoms with Gasteiger partial charge >= 0.3 is 0 Å². The van der Waals surface area contributed by atoms with E-state index in [0.717, 1.165) is 16.3 Å². The third-order valence-corrected chi connectivity index (χ3v) is 4.93. The van der Waals surface area contributed by atoms with Crippen molar-refractivity contribution in [2.75, 3.05) is 5.73 Å². The van der Waals surface area contributed by atoms with Gasteiger partial charge in [-0.15, -0.1) is 0 Å². The highest BCUT2D eigenvalue weighted by atomic mass is 79.9. The van der Waals surface area contributed by atoms with Gasteiger partial charge in [-0.2, -0.15) is 9.97 Å². The van der Waals surface area contributed by atoms with E-state index >= 15 is 0 Å². The molecule has 0 saturated heterocycles. The van der Waals surface area contributed by atoms with Crippen LogP contribution in [0.1, 0.15) is 12.5 Å². The van der Waals surface area contributed by atoms with Crippen molar-refractivity contribution in [1.29, 1.82) is 0 Å². The molecule has 0 aliphatic carbocycles. The average molecular weight is 437 g/mol. The number of nitrogens with zero attached hydrogens (tertiary/aromatic N) is 3. The number of hydrogen-bond donors (Lipinski definition) is 1. The van der Waals surface area contributed by atoms with Crippen molar-refractivity contribution in [3.05, 3.63) is 71.1 Å². The number of ether oxygens (including phenoxy) is 2. The molecular formula is C21H17BrN4O2. The zero-order valence-corrected chi connectivity index (χ0v) is 16.7. The molecule has 28 heavy (non-hydrogen) atoms. The molecule has 2 aromatic heterocycles. The van der Waals surface area contributed by atoms with Gasteiger partial charge in [0.2, 0.25) is 11.8 Å². The Labute approximate surface area is 170 Å². The van der Waals surface area contributed by atoms with E-state index in [4.69, 9.17) is 15.2 Å². The number of aromatic nitrogens is 3. The first kappa shape index (κ1) is 18.2. The summed E-state index contributed by atoms with van der Waals surface area (Å²) in [6, 6.07) is 15.3. The Bertz CT molecular complexity index is 1130. The highest BCUT2D eigenvalue weighted by molar-refractivity contribution is 9.10. The van der Waals surface area contributed by atoms with Crippen LogP contribution in [-0.4, -0.2) is 15.0 Å². The molecule has 6 nitrogen and oxygen atoms in total. The van der Waals surface area contributed by atoms with Crippen LogP contribution in [0.15, 0.2) is 65.5 Å². The van der Waals surface area contributed by atoms with Gasteiger partial charge in [0.25, 0.3) is 0 Å². The van der Waals surface area contributed by atoms with Gasteiger partial charge in [0.1, 0.15) is 17.6 Å². The van der Waals surface area contributed by atoms with Gasteiger partial charge in [0.05, 0.1) is 0 Å². The van der Waals surface area contributed by atoms with Crippen LogP contribution in [0.25, 0.3) is 10.9 Å². The van der Waals surface area contributed by atoms with Gasteiger partial charge in [-0.05, 0) is 42.3 Å². The van der Waals surface area contributed by atoms with E-state index in [1.54, 1.807) is 6.20 Å². The molecule has 0 atom stereocenters. The third-order valence-electron chi connectivity index (χ3n) is 4.24. The Morgan fingerprint density at radius 1 is 0.929 bits per heavy atom. The molecule has 4 aromatic rings. The lowest BCUT2D eigenvalue weighted by Crippen LogP contribution is -2.01. The molecular weight excluding hydrogens is 420 g/mol. The summed E-state index contributed by atoms with van der Waals surface area (Å²) >= 11 is 3.52. The Morgan fingerprint density at radius 2 is 1.68 bits per heavy atom. The van der Waals surface area contributed by atoms with Gasteiger partial charge in [-0.25, -0.2) is 0 Å². The summed E-state index contributed by atoms with van der Waals surface area (Å²) in [5.41, 5.74) is 8.35. The molecule has 2 N–H and O–H groups in total. The number of hydrogen-bond acceptors (Lipinski definition) is 6. The number of pyridine rings is 1. The van der Waals surface area contributed by atoms with Crippen LogP contribution in [0.5, 0.6) is 23.3 Å². The summed E-state index contributed by atoms with van der Waals surface area (Å²) in [6.45, 7) is 2.10. The fraction of sp³-hybridized carbons (Fsp3) is 0.0952. The summed E-state index contributed by atoms with van der Waals surface area (Å²) < 4.78 is 12.7. The fourth-order valence-electron chi connectivity index (χ4n) is 2.73. The quantitative estimate of drug-likeness (QED) is 0.443. The summed E-state index contributed by atoms with van der Waals surface area (Å²) in [5, 5.41) is 0.931. The SMILES string of the molecule is CCc1ccc(Oc2ncnc(Oc3ccc(Br)c4cccnc34)c2N)cc1. The second-order valence-electron chi connectivity index (χ2n) is 6.04. The zero-order valence-electron chi connectivity index (χ0n) is 15.1. The van der Waals surface area contributed by atoms with E-state index in [-0.39, 0.29) is 17.4 Å². The topological polar surface area (TPSA) is 83.2 Å². The van der Waals surface area contributed by atoms with Gasteiger partial charge in [-0.3, -0.25) is 4.98 Å². The molecule has 0 fully saturated rings. The van der Waals surface area contributed by atoms with Gasteiger partial charge in [-0.1, -0.05) is 41.1 Å². The van der Waals surface area contributed by atoms with Crippen molar-refractivity contribution in [2.24, 2.45) is 0 Å². The normalized spacial score (nSPS) is 10.8. The van der Waals surface area contributed by atoms with Crippen LogP contribution in [0, 0.1) is 0 Å². The molecule has 0 bridgehead atoms. The zero-order chi connectivity index (χ0) is 19.5. The summed E-state index contributed by atoms with van der Waals surface area (Å²) in [7, 11) is 0. The molecule has 0 radical (unpaired) electrons. The van der Waals surface area contributed by atoms with Crippen molar-refractivity contribution >= 4 is 32.5 Å². The van der Waals surface area contributed by atoms with E-state index < -0.39 is 0 Å². The molecule has 4 rings (SSSR count). The van der Waals surface area contributed by atoms with Crippen LogP contribution in [0.2, 0.25) is 0 Å². The first-order chi connectivity index (χ1) is 13.7. The third kappa shape index (κ3) is 3.61. The second kappa shape index (κ2) is 7.82. The number of rotatable bonds is 5. The Morgan fingerprint density at radius 3 is 2.43 bits per heavy atom. The molecule has 140 valence electrons. The smallest absolute Gasteiger partial charge is 0.249 e. The van der Waals surface area contributed by atoms with Crippen molar-refractivity contribution in [3.8, 4) is 23.3 Å². The Balaban J connectivity index is 1.65. The van der Waals surface area contributed by atoms with Crippen molar-refractivity contribution in [1.82, 2.24) is 15.0 Å². The lowest BCUT2D eigenvalue weighted by atomic mass is 10.2. The molecule has 0 amide bonds. The molecule has 0 unspecified atom stereocenters. The minimum absolute atomic E-state index is 0.212. The van der Waals surface area contributed by atoms with Crippen LogP contribution >= 0.6 is 15.9 Å². The van der Waals surface area contributed by atoms with Crippen molar-refractivity contribution < 1.29 is 9.47 Å². The van der Waals surface area contributed by atoms with E-state index in [9.17, 15) is 0 Å². The maximum absolute atomic E-state index is 6.20. The van der Waals surface area contributed by atoms with Crippen LogP contribution in [0.3, 0.4) is 0 Å². The number of nitrogens with two attached hydrogens (primary N) is 1. The van der Waals surface area contributed by atoms with Crippen LogP contribution < -0.4 is 15.2 Å². The lowest BCUT2D eigenvalue weighted by molar-refractivity contribution is 0.440. The predicted octanol–water partition coefficient (Wildman–Crippen LogP) is 5.52. The number of aryl methyl sites for hydroxylation is 1. The van der Waals surface area contributed by atoms with Gasteiger partial charge < -0.3 is 15.2 Å². The van der Waals surface area contributed by atoms with E-state index in [1.165, 1.54) is 11.9 Å². The monoisotopic (exact) mass is 436 g/mol. The van der Waals surface area contributed by atoms with E-state index in [0.29, 0.717) is 17.0 Å². The van der Waals surface area contributed by atoms with E-state index in [1.807, 2.05) is 48.5 Å². The largest absolute Gasteiger partial charge is 0.437 e. The maximum atomic E-state index is 6.20. The fourth-order valence-corrected chi connectivity index (χ4v) is 3.18. The van der Waals surface area contributed by atoms with Crippen LogP contribution in [-0.2, 0) is 6.42 Å². The Kier molecular flexibility index (Phi) is 5.08. The molecule has 2 aromatic carbocycles. The standard InChI is InChI=1S/C21H17BrN4O2/c1-2-13-5-7-14(8-6-13)27-20-18(23)21(26-12-25-20)28-17-10-9-16(22)15-4-3-11-24-19(15)17/h3-12H,2,23H2,1H3. The highest BCUT2D eigenvalue weighted by Gasteiger charge is 2.15.